The van der Waals surface area contributed by atoms with Crippen molar-refractivity contribution >= 4 is 17.6 Å². The molecule has 0 fully saturated rings. The van der Waals surface area contributed by atoms with Gasteiger partial charge in [0, 0.05) is 12.0 Å². The number of benzene rings is 1. The summed E-state index contributed by atoms with van der Waals surface area (Å²) in [6.45, 7) is 1.57. The summed E-state index contributed by atoms with van der Waals surface area (Å²) in [6.07, 6.45) is -0.187. The minimum atomic E-state index is -0.823. The minimum absolute atomic E-state index is 0.0259. The first kappa shape index (κ1) is 17.2. The minimum Gasteiger partial charge on any atom is -0.507 e. The number of carbonyl (C=O) groups excluding carboxylic acids is 1. The maximum absolute atomic E-state index is 12.3. The third kappa shape index (κ3) is 3.28. The molecule has 8 heteroatoms. The molecule has 1 atom stereocenters. The van der Waals surface area contributed by atoms with Crippen molar-refractivity contribution in [1.82, 2.24) is 0 Å². The summed E-state index contributed by atoms with van der Waals surface area (Å²) >= 11 is 6.20. The Kier molecular flexibility index (Phi) is 4.59. The van der Waals surface area contributed by atoms with Gasteiger partial charge in [-0.05, 0) is 24.6 Å². The summed E-state index contributed by atoms with van der Waals surface area (Å²) in [6, 6.07) is 4.48. The Morgan fingerprint density at radius 2 is 2.12 bits per heavy atom. The number of methoxy groups -OCH3 is 1. The fourth-order valence-electron chi connectivity index (χ4n) is 2.75. The highest BCUT2D eigenvalue weighted by Crippen LogP contribution is 2.43. The first-order valence-electron chi connectivity index (χ1n) is 7.40. The highest BCUT2D eigenvalue weighted by molar-refractivity contribution is 6.32. The van der Waals surface area contributed by atoms with Gasteiger partial charge >= 0.3 is 11.6 Å². The molecule has 0 saturated heterocycles. The van der Waals surface area contributed by atoms with Gasteiger partial charge in [-0.25, -0.2) is 4.79 Å². The van der Waals surface area contributed by atoms with E-state index in [-0.39, 0.29) is 35.3 Å². The zero-order valence-electron chi connectivity index (χ0n) is 13.5. The maximum atomic E-state index is 12.3. The van der Waals surface area contributed by atoms with E-state index in [2.05, 4.69) is 0 Å². The van der Waals surface area contributed by atoms with Gasteiger partial charge in [0.2, 0.25) is 6.79 Å². The van der Waals surface area contributed by atoms with E-state index < -0.39 is 17.5 Å². The third-order valence-corrected chi connectivity index (χ3v) is 4.17. The molecule has 2 aromatic rings. The third-order valence-electron chi connectivity index (χ3n) is 3.89. The Hall–Kier alpha value is -2.67. The lowest BCUT2D eigenvalue weighted by atomic mass is 9.88. The summed E-state index contributed by atoms with van der Waals surface area (Å²) in [5, 5.41) is 10.5. The molecule has 0 bridgehead atoms. The molecule has 0 amide bonds. The van der Waals surface area contributed by atoms with Crippen LogP contribution in [0.3, 0.4) is 0 Å². The first-order chi connectivity index (χ1) is 11.9. The molecule has 1 N–H and O–H groups in total. The lowest BCUT2D eigenvalue weighted by Crippen LogP contribution is -2.18. The fraction of sp³-hybridized carbons (Fsp3) is 0.294. The highest BCUT2D eigenvalue weighted by Gasteiger charge is 2.29. The summed E-state index contributed by atoms with van der Waals surface area (Å²) in [7, 11) is 1.24. The highest BCUT2D eigenvalue weighted by atomic mass is 35.5. The number of esters is 1. The molecular formula is C17H15ClO7. The summed E-state index contributed by atoms with van der Waals surface area (Å²) in [5.41, 5.74) is -0.294. The monoisotopic (exact) mass is 366 g/mol. The van der Waals surface area contributed by atoms with Gasteiger partial charge in [-0.3, -0.25) is 4.79 Å². The maximum Gasteiger partial charge on any atom is 0.343 e. The lowest BCUT2D eigenvalue weighted by Gasteiger charge is -2.18. The van der Waals surface area contributed by atoms with Crippen molar-refractivity contribution in [2.45, 2.75) is 19.3 Å². The van der Waals surface area contributed by atoms with Crippen molar-refractivity contribution in [2.75, 3.05) is 13.9 Å². The van der Waals surface area contributed by atoms with Crippen LogP contribution < -0.4 is 15.1 Å². The molecule has 3 rings (SSSR count). The topological polar surface area (TPSA) is 95.2 Å². The van der Waals surface area contributed by atoms with Crippen LogP contribution in [0.1, 0.15) is 29.2 Å². The normalized spacial score (nSPS) is 13.6. The van der Waals surface area contributed by atoms with E-state index in [9.17, 15) is 14.7 Å². The molecule has 1 aromatic heterocycles. The number of hydrogen-bond donors (Lipinski definition) is 1. The number of carbonyl (C=O) groups is 1. The standard InChI is InChI=1S/C17H15ClO7/c1-8-3-12(19)15(17(21)25-8)10(6-14(20)22-2)9-4-11(18)16-13(5-9)23-7-24-16/h3-5,10,19H,6-7H2,1-2H3/t10-/m1/s1. The number of ether oxygens (including phenoxy) is 3. The van der Waals surface area contributed by atoms with Crippen LogP contribution in [-0.4, -0.2) is 25.0 Å². The molecule has 1 aliphatic rings. The predicted molar refractivity (Wildman–Crippen MR) is 87.4 cm³/mol. The molecule has 0 unspecified atom stereocenters. The SMILES string of the molecule is COC(=O)C[C@H](c1cc(Cl)c2c(c1)OCO2)c1c(O)cc(C)oc1=O. The van der Waals surface area contributed by atoms with Crippen LogP contribution in [-0.2, 0) is 9.53 Å². The number of hydrogen-bond acceptors (Lipinski definition) is 7. The molecule has 1 aliphatic heterocycles. The van der Waals surface area contributed by atoms with Gasteiger partial charge in [-0.2, -0.15) is 0 Å². The molecule has 0 spiro atoms. The molecule has 2 heterocycles. The molecule has 25 heavy (non-hydrogen) atoms. The molecule has 132 valence electrons. The number of aryl methyl sites for hydroxylation is 1. The van der Waals surface area contributed by atoms with E-state index in [1.807, 2.05) is 0 Å². The van der Waals surface area contributed by atoms with Crippen molar-refractivity contribution in [2.24, 2.45) is 0 Å². The number of fused-ring (bicyclic) bond motifs is 1. The van der Waals surface area contributed by atoms with E-state index in [1.165, 1.54) is 20.1 Å². The van der Waals surface area contributed by atoms with Crippen molar-refractivity contribution in [3.05, 3.63) is 50.5 Å². The summed E-state index contributed by atoms with van der Waals surface area (Å²) < 4.78 is 20.4. The predicted octanol–water partition coefficient (Wildman–Crippen LogP) is 2.73. The molecule has 7 nitrogen and oxygen atoms in total. The van der Waals surface area contributed by atoms with Crippen LogP contribution in [0.4, 0.5) is 0 Å². The average molecular weight is 367 g/mol. The second-order valence-electron chi connectivity index (χ2n) is 5.51. The van der Waals surface area contributed by atoms with Crippen molar-refractivity contribution in [3.8, 4) is 17.2 Å². The zero-order chi connectivity index (χ0) is 18.1. The van der Waals surface area contributed by atoms with Crippen molar-refractivity contribution < 1.29 is 28.5 Å². The Morgan fingerprint density at radius 1 is 1.36 bits per heavy atom. The van der Waals surface area contributed by atoms with Crippen LogP contribution >= 0.6 is 11.6 Å². The molecular weight excluding hydrogens is 352 g/mol. The Morgan fingerprint density at radius 3 is 2.80 bits per heavy atom. The van der Waals surface area contributed by atoms with E-state index in [0.29, 0.717) is 17.1 Å². The van der Waals surface area contributed by atoms with Crippen LogP contribution in [0.25, 0.3) is 0 Å². The number of halogens is 1. The fourth-order valence-corrected chi connectivity index (χ4v) is 3.03. The summed E-state index contributed by atoms with van der Waals surface area (Å²) in [5.74, 6) is -0.603. The van der Waals surface area contributed by atoms with Gasteiger partial charge in [0.25, 0.3) is 0 Å². The van der Waals surface area contributed by atoms with Crippen LogP contribution in [0, 0.1) is 6.92 Å². The zero-order valence-corrected chi connectivity index (χ0v) is 14.3. The quantitative estimate of drug-likeness (QED) is 0.831. The Labute approximate surface area is 147 Å². The summed E-state index contributed by atoms with van der Waals surface area (Å²) in [4.78, 5) is 24.1. The van der Waals surface area contributed by atoms with Crippen LogP contribution in [0.15, 0.2) is 27.4 Å². The average Bonchev–Trinajstić information content (AvgIpc) is 3.01. The molecule has 0 saturated carbocycles. The number of rotatable bonds is 4. The first-order valence-corrected chi connectivity index (χ1v) is 7.78. The van der Waals surface area contributed by atoms with Gasteiger partial charge in [-0.1, -0.05) is 11.6 Å². The van der Waals surface area contributed by atoms with Crippen LogP contribution in [0.2, 0.25) is 5.02 Å². The van der Waals surface area contributed by atoms with Crippen molar-refractivity contribution in [3.63, 3.8) is 0 Å². The molecule has 0 radical (unpaired) electrons. The van der Waals surface area contributed by atoms with E-state index in [1.54, 1.807) is 12.1 Å². The number of aromatic hydroxyl groups is 1. The second-order valence-corrected chi connectivity index (χ2v) is 5.92. The second kappa shape index (κ2) is 6.68. The van der Waals surface area contributed by atoms with Crippen LogP contribution in [0.5, 0.6) is 17.2 Å². The van der Waals surface area contributed by atoms with E-state index in [4.69, 9.17) is 30.2 Å². The van der Waals surface area contributed by atoms with Gasteiger partial charge in [0.15, 0.2) is 11.5 Å². The van der Waals surface area contributed by atoms with Gasteiger partial charge in [0.05, 0.1) is 24.1 Å². The van der Waals surface area contributed by atoms with Gasteiger partial charge in [0.1, 0.15) is 11.5 Å². The molecule has 1 aromatic carbocycles. The lowest BCUT2D eigenvalue weighted by molar-refractivity contribution is -0.140. The largest absolute Gasteiger partial charge is 0.507 e. The Balaban J connectivity index is 2.16. The smallest absolute Gasteiger partial charge is 0.343 e. The van der Waals surface area contributed by atoms with Gasteiger partial charge < -0.3 is 23.7 Å². The van der Waals surface area contributed by atoms with E-state index >= 15 is 0 Å². The van der Waals surface area contributed by atoms with Crippen molar-refractivity contribution in [1.29, 1.82) is 0 Å². The molecule has 0 aliphatic carbocycles. The Bertz CT molecular complexity index is 887. The van der Waals surface area contributed by atoms with Gasteiger partial charge in [-0.15, -0.1) is 0 Å². The van der Waals surface area contributed by atoms with E-state index in [0.717, 1.165) is 0 Å².